The highest BCUT2D eigenvalue weighted by Gasteiger charge is 2.10. The standard InChI is InChI=1S/C16H27FN2/c1-5-14(18)10-13-6-7-16(15(17)11-13)19(4)9-8-12(2)3/h6-7,11-12,14H,5,8-10,18H2,1-4H3. The van der Waals surface area contributed by atoms with Gasteiger partial charge in [0.05, 0.1) is 5.69 Å². The molecular formula is C16H27FN2. The molecular weight excluding hydrogens is 239 g/mol. The lowest BCUT2D eigenvalue weighted by molar-refractivity contribution is 0.573. The Morgan fingerprint density at radius 2 is 2.00 bits per heavy atom. The van der Waals surface area contributed by atoms with Crippen LogP contribution < -0.4 is 10.6 Å². The van der Waals surface area contributed by atoms with Crippen LogP contribution in [-0.4, -0.2) is 19.6 Å². The first-order chi connectivity index (χ1) is 8.93. The summed E-state index contributed by atoms with van der Waals surface area (Å²) in [4.78, 5) is 1.98. The summed E-state index contributed by atoms with van der Waals surface area (Å²) in [5.41, 5.74) is 7.56. The average molecular weight is 266 g/mol. The van der Waals surface area contributed by atoms with Crippen molar-refractivity contribution in [2.24, 2.45) is 11.7 Å². The van der Waals surface area contributed by atoms with Crippen LogP contribution in [0.15, 0.2) is 18.2 Å². The van der Waals surface area contributed by atoms with Crippen LogP contribution in [0.5, 0.6) is 0 Å². The fourth-order valence-corrected chi connectivity index (χ4v) is 2.01. The van der Waals surface area contributed by atoms with Crippen molar-refractivity contribution in [3.63, 3.8) is 0 Å². The van der Waals surface area contributed by atoms with E-state index in [-0.39, 0.29) is 11.9 Å². The van der Waals surface area contributed by atoms with Crippen LogP contribution in [0.3, 0.4) is 0 Å². The van der Waals surface area contributed by atoms with Crippen molar-refractivity contribution in [3.05, 3.63) is 29.6 Å². The van der Waals surface area contributed by atoms with E-state index in [2.05, 4.69) is 20.8 Å². The predicted molar refractivity (Wildman–Crippen MR) is 81.1 cm³/mol. The van der Waals surface area contributed by atoms with Crippen molar-refractivity contribution >= 4 is 5.69 Å². The average Bonchev–Trinajstić information content (AvgIpc) is 2.35. The van der Waals surface area contributed by atoms with Crippen molar-refractivity contribution in [2.45, 2.75) is 46.1 Å². The van der Waals surface area contributed by atoms with E-state index in [1.165, 1.54) is 0 Å². The van der Waals surface area contributed by atoms with E-state index in [1.54, 1.807) is 6.07 Å². The van der Waals surface area contributed by atoms with E-state index in [0.29, 0.717) is 11.6 Å². The zero-order valence-electron chi connectivity index (χ0n) is 12.6. The summed E-state index contributed by atoms with van der Waals surface area (Å²) in [7, 11) is 1.94. The first-order valence-electron chi connectivity index (χ1n) is 7.19. The summed E-state index contributed by atoms with van der Waals surface area (Å²) in [6.07, 6.45) is 2.72. The Kier molecular flexibility index (Phi) is 6.29. The second kappa shape index (κ2) is 7.49. The fraction of sp³-hybridized carbons (Fsp3) is 0.625. The second-order valence-electron chi connectivity index (χ2n) is 5.76. The van der Waals surface area contributed by atoms with Gasteiger partial charge in [0.1, 0.15) is 5.82 Å². The number of benzene rings is 1. The van der Waals surface area contributed by atoms with Gasteiger partial charge >= 0.3 is 0 Å². The lowest BCUT2D eigenvalue weighted by Crippen LogP contribution is -2.22. The third kappa shape index (κ3) is 5.19. The van der Waals surface area contributed by atoms with E-state index in [4.69, 9.17) is 5.73 Å². The maximum absolute atomic E-state index is 14.1. The number of nitrogens with zero attached hydrogens (tertiary/aromatic N) is 1. The molecule has 3 heteroatoms. The quantitative estimate of drug-likeness (QED) is 0.817. The van der Waals surface area contributed by atoms with Gasteiger partial charge in [-0.05, 0) is 42.9 Å². The van der Waals surface area contributed by atoms with Crippen molar-refractivity contribution < 1.29 is 4.39 Å². The van der Waals surface area contributed by atoms with Crippen LogP contribution in [-0.2, 0) is 6.42 Å². The molecule has 0 saturated carbocycles. The minimum absolute atomic E-state index is 0.115. The second-order valence-corrected chi connectivity index (χ2v) is 5.76. The summed E-state index contributed by atoms with van der Waals surface area (Å²) >= 11 is 0. The Morgan fingerprint density at radius 3 is 2.53 bits per heavy atom. The molecule has 0 aliphatic carbocycles. The van der Waals surface area contributed by atoms with Crippen molar-refractivity contribution in [2.75, 3.05) is 18.5 Å². The highest BCUT2D eigenvalue weighted by molar-refractivity contribution is 5.48. The lowest BCUT2D eigenvalue weighted by atomic mass is 10.0. The molecule has 0 radical (unpaired) electrons. The molecule has 0 aliphatic rings. The molecule has 0 heterocycles. The van der Waals surface area contributed by atoms with Crippen molar-refractivity contribution in [1.29, 1.82) is 0 Å². The van der Waals surface area contributed by atoms with Gasteiger partial charge in [-0.15, -0.1) is 0 Å². The van der Waals surface area contributed by atoms with E-state index >= 15 is 0 Å². The van der Waals surface area contributed by atoms with Crippen LogP contribution >= 0.6 is 0 Å². The van der Waals surface area contributed by atoms with Gasteiger partial charge in [-0.2, -0.15) is 0 Å². The fourth-order valence-electron chi connectivity index (χ4n) is 2.01. The number of anilines is 1. The smallest absolute Gasteiger partial charge is 0.146 e. The summed E-state index contributed by atoms with van der Waals surface area (Å²) in [5, 5.41) is 0. The van der Waals surface area contributed by atoms with E-state index < -0.39 is 0 Å². The first-order valence-corrected chi connectivity index (χ1v) is 7.19. The molecule has 0 saturated heterocycles. The van der Waals surface area contributed by atoms with Gasteiger partial charge in [0.15, 0.2) is 0 Å². The predicted octanol–water partition coefficient (Wildman–Crippen LogP) is 3.59. The summed E-state index contributed by atoms with van der Waals surface area (Å²) < 4.78 is 14.1. The van der Waals surface area contributed by atoms with Crippen LogP contribution in [0.1, 0.15) is 39.2 Å². The molecule has 1 aromatic carbocycles. The third-order valence-corrected chi connectivity index (χ3v) is 3.49. The number of nitrogens with two attached hydrogens (primary N) is 1. The highest BCUT2D eigenvalue weighted by Crippen LogP contribution is 2.21. The number of rotatable bonds is 7. The third-order valence-electron chi connectivity index (χ3n) is 3.49. The lowest BCUT2D eigenvalue weighted by Gasteiger charge is -2.21. The molecule has 2 nitrogen and oxygen atoms in total. The van der Waals surface area contributed by atoms with Gasteiger partial charge in [-0.3, -0.25) is 0 Å². The molecule has 2 N–H and O–H groups in total. The molecule has 108 valence electrons. The Morgan fingerprint density at radius 1 is 1.32 bits per heavy atom. The summed E-state index contributed by atoms with van der Waals surface area (Å²) in [6.45, 7) is 7.29. The monoisotopic (exact) mass is 266 g/mol. The molecule has 0 aliphatic heterocycles. The van der Waals surface area contributed by atoms with Crippen LogP contribution in [0, 0.1) is 11.7 Å². The molecule has 1 aromatic rings. The SMILES string of the molecule is CCC(N)Cc1ccc(N(C)CCC(C)C)c(F)c1. The zero-order valence-corrected chi connectivity index (χ0v) is 12.6. The van der Waals surface area contributed by atoms with Crippen molar-refractivity contribution in [3.8, 4) is 0 Å². The van der Waals surface area contributed by atoms with Gasteiger partial charge in [0, 0.05) is 19.6 Å². The Labute approximate surface area is 116 Å². The molecule has 0 fully saturated rings. The number of halogens is 1. The minimum Gasteiger partial charge on any atom is -0.372 e. The molecule has 0 bridgehead atoms. The normalized spacial score (nSPS) is 12.8. The molecule has 19 heavy (non-hydrogen) atoms. The Balaban J connectivity index is 2.71. The topological polar surface area (TPSA) is 29.3 Å². The molecule has 0 amide bonds. The molecule has 1 unspecified atom stereocenters. The molecule has 1 atom stereocenters. The Bertz CT molecular complexity index is 390. The summed E-state index contributed by atoms with van der Waals surface area (Å²) in [5.74, 6) is 0.486. The van der Waals surface area contributed by atoms with Crippen LogP contribution in [0.25, 0.3) is 0 Å². The van der Waals surface area contributed by atoms with Crippen molar-refractivity contribution in [1.82, 2.24) is 0 Å². The van der Waals surface area contributed by atoms with Gasteiger partial charge in [0.2, 0.25) is 0 Å². The van der Waals surface area contributed by atoms with Gasteiger partial charge < -0.3 is 10.6 Å². The number of hydrogen-bond acceptors (Lipinski definition) is 2. The van der Waals surface area contributed by atoms with Gasteiger partial charge in [-0.25, -0.2) is 4.39 Å². The van der Waals surface area contributed by atoms with E-state index in [0.717, 1.165) is 31.4 Å². The van der Waals surface area contributed by atoms with Crippen LogP contribution in [0.2, 0.25) is 0 Å². The molecule has 0 aromatic heterocycles. The minimum atomic E-state index is -0.146. The van der Waals surface area contributed by atoms with Crippen LogP contribution in [0.4, 0.5) is 10.1 Å². The largest absolute Gasteiger partial charge is 0.372 e. The van der Waals surface area contributed by atoms with Gasteiger partial charge in [-0.1, -0.05) is 26.8 Å². The Hall–Kier alpha value is -1.09. The van der Waals surface area contributed by atoms with E-state index in [1.807, 2.05) is 24.1 Å². The van der Waals surface area contributed by atoms with Gasteiger partial charge in [0.25, 0.3) is 0 Å². The molecule has 0 spiro atoms. The maximum Gasteiger partial charge on any atom is 0.146 e. The van der Waals surface area contributed by atoms with E-state index in [9.17, 15) is 4.39 Å². The molecule has 1 rings (SSSR count). The zero-order chi connectivity index (χ0) is 14.4. The highest BCUT2D eigenvalue weighted by atomic mass is 19.1. The first kappa shape index (κ1) is 16.0. The summed E-state index contributed by atoms with van der Waals surface area (Å²) in [6, 6.07) is 5.59. The maximum atomic E-state index is 14.1. The number of hydrogen-bond donors (Lipinski definition) is 1.